The molecule has 0 amide bonds. The summed E-state index contributed by atoms with van der Waals surface area (Å²) >= 11 is 3.41. The maximum atomic E-state index is 10.5. The third-order valence-corrected chi connectivity index (χ3v) is 4.71. The summed E-state index contributed by atoms with van der Waals surface area (Å²) in [7, 11) is 0. The Hall–Kier alpha value is -1.85. The summed E-state index contributed by atoms with van der Waals surface area (Å²) in [6.07, 6.45) is -0.558. The van der Waals surface area contributed by atoms with Crippen molar-refractivity contribution in [1.82, 2.24) is 0 Å². The minimum Gasteiger partial charge on any atom is -1.00 e. The van der Waals surface area contributed by atoms with Crippen molar-refractivity contribution in [2.75, 3.05) is 13.2 Å². The Bertz CT molecular complexity index is 784. The third kappa shape index (κ3) is 7.00. The molecule has 2 unspecified atom stereocenters. The van der Waals surface area contributed by atoms with E-state index in [0.717, 1.165) is 16.8 Å². The molecule has 0 bridgehead atoms. The van der Waals surface area contributed by atoms with Crippen molar-refractivity contribution in [2.45, 2.75) is 12.6 Å². The lowest BCUT2D eigenvalue weighted by Crippen LogP contribution is -3.07. The number of aliphatic hydroxyl groups is 1. The fraction of sp³-hybridized carbons (Fsp3) is 0.182. The zero-order valence-corrected chi connectivity index (χ0v) is 17.2. The molecule has 3 aromatic rings. The van der Waals surface area contributed by atoms with E-state index in [0.29, 0.717) is 6.54 Å². The van der Waals surface area contributed by atoms with E-state index in [1.165, 1.54) is 16.2 Å². The highest BCUT2D eigenvalue weighted by Crippen LogP contribution is 2.16. The maximum Gasteiger partial charge on any atom is 0.137 e. The average Bonchev–Trinajstić information content (AvgIpc) is 2.68. The Morgan fingerprint density at radius 2 is 1.44 bits per heavy atom. The largest absolute Gasteiger partial charge is 1.00 e. The van der Waals surface area contributed by atoms with Gasteiger partial charge in [-0.15, -0.1) is 0 Å². The SMILES string of the molecule is OC(COc1ccc(Br)cc1)C[NH+](Cc1ccccc1)c1ccccc1.[Cl-]. The number of rotatable bonds is 8. The van der Waals surface area contributed by atoms with Crippen LogP contribution in [0.25, 0.3) is 0 Å². The van der Waals surface area contributed by atoms with E-state index in [4.69, 9.17) is 4.74 Å². The Kier molecular flexibility index (Phi) is 8.82. The smallest absolute Gasteiger partial charge is 0.137 e. The Balaban J connectivity index is 0.00000261. The van der Waals surface area contributed by atoms with Gasteiger partial charge in [0.2, 0.25) is 0 Å². The fourth-order valence-electron chi connectivity index (χ4n) is 2.87. The number of benzene rings is 3. The molecular weight excluding hydrogens is 426 g/mol. The van der Waals surface area contributed by atoms with Crippen molar-refractivity contribution >= 4 is 21.6 Å². The fourth-order valence-corrected chi connectivity index (χ4v) is 3.14. The maximum absolute atomic E-state index is 10.5. The van der Waals surface area contributed by atoms with Crippen LogP contribution >= 0.6 is 15.9 Å². The Labute approximate surface area is 175 Å². The highest BCUT2D eigenvalue weighted by atomic mass is 79.9. The van der Waals surface area contributed by atoms with Crippen molar-refractivity contribution in [2.24, 2.45) is 0 Å². The van der Waals surface area contributed by atoms with Crippen LogP contribution in [0, 0.1) is 0 Å². The van der Waals surface area contributed by atoms with Crippen molar-refractivity contribution in [3.8, 4) is 5.75 Å². The number of quaternary nitrogens is 1. The molecule has 0 aliphatic heterocycles. The molecule has 0 fully saturated rings. The van der Waals surface area contributed by atoms with Gasteiger partial charge in [0.25, 0.3) is 0 Å². The monoisotopic (exact) mass is 447 g/mol. The van der Waals surface area contributed by atoms with Gasteiger partial charge in [-0.1, -0.05) is 64.5 Å². The highest BCUT2D eigenvalue weighted by Gasteiger charge is 2.18. The van der Waals surface area contributed by atoms with Crippen molar-refractivity contribution in [3.63, 3.8) is 0 Å². The Morgan fingerprint density at radius 1 is 0.852 bits per heavy atom. The van der Waals surface area contributed by atoms with E-state index in [1.807, 2.05) is 60.7 Å². The molecule has 0 aliphatic carbocycles. The molecule has 3 nitrogen and oxygen atoms in total. The number of para-hydroxylation sites is 1. The molecule has 3 aromatic carbocycles. The van der Waals surface area contributed by atoms with Gasteiger partial charge in [0, 0.05) is 10.0 Å². The number of ether oxygens (including phenoxy) is 1. The lowest BCUT2D eigenvalue weighted by atomic mass is 10.2. The summed E-state index contributed by atoms with van der Waals surface area (Å²) in [5, 5.41) is 10.5. The molecular formula is C22H23BrClNO2. The molecule has 0 saturated heterocycles. The third-order valence-electron chi connectivity index (χ3n) is 4.18. The topological polar surface area (TPSA) is 33.9 Å². The van der Waals surface area contributed by atoms with E-state index in [1.54, 1.807) is 0 Å². The summed E-state index contributed by atoms with van der Waals surface area (Å²) in [5.41, 5.74) is 2.41. The number of hydrogen-bond acceptors (Lipinski definition) is 2. The molecule has 0 heterocycles. The quantitative estimate of drug-likeness (QED) is 0.529. The summed E-state index contributed by atoms with van der Waals surface area (Å²) in [4.78, 5) is 1.21. The van der Waals surface area contributed by atoms with Crippen LogP contribution in [-0.2, 0) is 6.54 Å². The molecule has 142 valence electrons. The average molecular weight is 449 g/mol. The van der Waals surface area contributed by atoms with Crippen molar-refractivity contribution in [1.29, 1.82) is 0 Å². The molecule has 2 N–H and O–H groups in total. The van der Waals surface area contributed by atoms with Gasteiger partial charge < -0.3 is 22.3 Å². The number of aliphatic hydroxyl groups excluding tert-OH is 1. The molecule has 0 spiro atoms. The highest BCUT2D eigenvalue weighted by molar-refractivity contribution is 9.10. The zero-order chi connectivity index (χ0) is 18.2. The van der Waals surface area contributed by atoms with Gasteiger partial charge in [0.05, 0.1) is 0 Å². The minimum absolute atomic E-state index is 0. The number of halogens is 2. The first-order valence-electron chi connectivity index (χ1n) is 8.71. The van der Waals surface area contributed by atoms with Gasteiger partial charge in [0.1, 0.15) is 37.2 Å². The second-order valence-corrected chi connectivity index (χ2v) is 7.17. The zero-order valence-electron chi connectivity index (χ0n) is 14.9. The molecule has 0 aliphatic rings. The van der Waals surface area contributed by atoms with Crippen LogP contribution in [0.5, 0.6) is 5.75 Å². The van der Waals surface area contributed by atoms with E-state index in [-0.39, 0.29) is 19.0 Å². The van der Waals surface area contributed by atoms with Gasteiger partial charge >= 0.3 is 0 Å². The first-order chi connectivity index (χ1) is 12.7. The van der Waals surface area contributed by atoms with Crippen LogP contribution in [0.2, 0.25) is 0 Å². The molecule has 3 rings (SSSR count). The summed E-state index contributed by atoms with van der Waals surface area (Å²) in [6, 6.07) is 28.3. The van der Waals surface area contributed by atoms with Crippen LogP contribution in [0.15, 0.2) is 89.4 Å². The van der Waals surface area contributed by atoms with Crippen LogP contribution in [0.3, 0.4) is 0 Å². The van der Waals surface area contributed by atoms with E-state index < -0.39 is 6.10 Å². The van der Waals surface area contributed by atoms with E-state index in [9.17, 15) is 5.11 Å². The standard InChI is InChI=1S/C22H22BrNO2.ClH/c23-19-11-13-22(14-12-19)26-17-21(25)16-24(20-9-5-2-6-10-20)15-18-7-3-1-4-8-18;/h1-14,21,25H,15-17H2;1H. The molecule has 2 atom stereocenters. The molecule has 5 heteroatoms. The summed E-state index contributed by atoms with van der Waals surface area (Å²) in [6.45, 7) is 1.67. The molecule has 0 aromatic heterocycles. The normalized spacial score (nSPS) is 12.7. The van der Waals surface area contributed by atoms with Crippen molar-refractivity contribution in [3.05, 3.63) is 95.0 Å². The molecule has 0 radical (unpaired) electrons. The van der Waals surface area contributed by atoms with Gasteiger partial charge in [-0.3, -0.25) is 4.90 Å². The van der Waals surface area contributed by atoms with E-state index >= 15 is 0 Å². The Morgan fingerprint density at radius 3 is 2.07 bits per heavy atom. The van der Waals surface area contributed by atoms with Gasteiger partial charge in [-0.25, -0.2) is 0 Å². The van der Waals surface area contributed by atoms with Gasteiger partial charge in [0.15, 0.2) is 0 Å². The predicted molar refractivity (Wildman–Crippen MR) is 108 cm³/mol. The second-order valence-electron chi connectivity index (χ2n) is 6.25. The van der Waals surface area contributed by atoms with E-state index in [2.05, 4.69) is 40.2 Å². The van der Waals surface area contributed by atoms with Crippen LogP contribution in [0.1, 0.15) is 5.56 Å². The second kappa shape index (κ2) is 11.1. The molecule has 27 heavy (non-hydrogen) atoms. The summed E-state index contributed by atoms with van der Waals surface area (Å²) in [5.74, 6) is 0.761. The van der Waals surface area contributed by atoms with Crippen molar-refractivity contribution < 1.29 is 27.2 Å². The number of nitrogens with one attached hydrogen (secondary N) is 1. The van der Waals surface area contributed by atoms with Crippen LogP contribution < -0.4 is 22.0 Å². The first-order valence-corrected chi connectivity index (χ1v) is 9.50. The molecule has 0 saturated carbocycles. The van der Waals surface area contributed by atoms with Gasteiger partial charge in [-0.05, 0) is 36.4 Å². The van der Waals surface area contributed by atoms with Crippen LogP contribution in [0.4, 0.5) is 5.69 Å². The summed E-state index contributed by atoms with van der Waals surface area (Å²) < 4.78 is 6.73. The first kappa shape index (κ1) is 21.5. The van der Waals surface area contributed by atoms with Crippen LogP contribution in [-0.4, -0.2) is 24.4 Å². The lowest BCUT2D eigenvalue weighted by molar-refractivity contribution is -0.851. The van der Waals surface area contributed by atoms with Gasteiger partial charge in [-0.2, -0.15) is 0 Å². The predicted octanol–water partition coefficient (Wildman–Crippen LogP) is 0.610. The minimum atomic E-state index is -0.558. The number of hydrogen-bond donors (Lipinski definition) is 2. The lowest BCUT2D eigenvalue weighted by Gasteiger charge is -2.22.